The Kier molecular flexibility index (Phi) is 14.2. The van der Waals surface area contributed by atoms with Gasteiger partial charge < -0.3 is 20.6 Å². The molecule has 4 N–H and O–H groups in total. The van der Waals surface area contributed by atoms with Gasteiger partial charge in [-0.3, -0.25) is 0 Å². The Balaban J connectivity index is 0.000000916. The van der Waals surface area contributed by atoms with Gasteiger partial charge in [-0.15, -0.1) is 20.5 Å². The zero-order valence-electron chi connectivity index (χ0n) is 16.9. The summed E-state index contributed by atoms with van der Waals surface area (Å²) in [7, 11) is -9.89. The summed E-state index contributed by atoms with van der Waals surface area (Å²) in [5.74, 6) is 0. The van der Waals surface area contributed by atoms with E-state index in [1.54, 1.807) is 58.2 Å². The molecule has 0 bridgehead atoms. The number of aliphatic hydroxyl groups excluding tert-OH is 2. The maximum atomic E-state index is 10.1. The molecule has 2 rings (SSSR count). The molecule has 0 saturated heterocycles. The Morgan fingerprint density at radius 2 is 0.882 bits per heavy atom. The molecule has 0 radical (unpaired) electrons. The van der Waals surface area contributed by atoms with Gasteiger partial charge in [0.2, 0.25) is 0 Å². The van der Waals surface area contributed by atoms with E-state index in [-0.39, 0.29) is 13.1 Å². The first kappa shape index (κ1) is 31.4. The predicted octanol–water partition coefficient (Wildman–Crippen LogP) is -10.2. The summed E-state index contributed by atoms with van der Waals surface area (Å²) in [6.07, 6.45) is 7.62. The van der Waals surface area contributed by atoms with Crippen molar-refractivity contribution in [2.75, 3.05) is 0 Å². The fraction of sp³-hybridized carbons (Fsp3) is 0.250. The highest BCUT2D eigenvalue weighted by molar-refractivity contribution is 5.78. The van der Waals surface area contributed by atoms with Gasteiger partial charge >= 0.3 is 0 Å². The molecule has 0 aliphatic heterocycles. The van der Waals surface area contributed by atoms with Crippen molar-refractivity contribution < 1.29 is 87.5 Å². The lowest BCUT2D eigenvalue weighted by molar-refractivity contribution is -2.00. The van der Waals surface area contributed by atoms with Crippen molar-refractivity contribution in [2.45, 2.75) is 25.3 Å². The number of nitrogens with zero attached hydrogens (tertiary/aromatic N) is 4. The second kappa shape index (κ2) is 15.3. The van der Waals surface area contributed by atoms with Crippen molar-refractivity contribution in [1.29, 1.82) is 0 Å². The third-order valence-corrected chi connectivity index (χ3v) is 3.49. The zero-order valence-corrected chi connectivity index (χ0v) is 18.5. The van der Waals surface area contributed by atoms with Gasteiger partial charge in [0.15, 0.2) is 37.9 Å². The van der Waals surface area contributed by atoms with Gasteiger partial charge in [-0.2, -0.15) is 0 Å². The van der Waals surface area contributed by atoms with Crippen molar-refractivity contribution in [1.82, 2.24) is 0 Å². The lowest BCUT2D eigenvalue weighted by Crippen LogP contribution is -2.68. The normalized spacial score (nSPS) is 13.6. The second-order valence-corrected chi connectivity index (χ2v) is 7.55. The first-order valence-electron chi connectivity index (χ1n) is 8.55. The van der Waals surface area contributed by atoms with E-state index in [4.69, 9.17) is 47.7 Å². The molecule has 0 aliphatic rings. The van der Waals surface area contributed by atoms with Gasteiger partial charge in [0.25, 0.3) is 0 Å². The van der Waals surface area contributed by atoms with Crippen LogP contribution >= 0.6 is 0 Å². The summed E-state index contributed by atoms with van der Waals surface area (Å²) in [5, 5.41) is 43.1. The van der Waals surface area contributed by atoms with Crippen LogP contribution in [0, 0.1) is 20.5 Å². The molecule has 0 saturated carbocycles. The van der Waals surface area contributed by atoms with E-state index < -0.39 is 32.7 Å². The minimum absolute atomic E-state index is 0.230. The van der Waals surface area contributed by atoms with Crippen molar-refractivity contribution >= 4 is 12.4 Å². The van der Waals surface area contributed by atoms with E-state index in [2.05, 4.69) is 10.3 Å². The maximum absolute atomic E-state index is 10.1. The van der Waals surface area contributed by atoms with E-state index in [0.717, 1.165) is 11.1 Å². The van der Waals surface area contributed by atoms with Gasteiger partial charge in [0, 0.05) is 35.4 Å². The summed E-state index contributed by atoms with van der Waals surface area (Å²) in [4.78, 5) is 0. The molecule has 18 heteroatoms. The molecule has 34 heavy (non-hydrogen) atoms. The van der Waals surface area contributed by atoms with Gasteiger partial charge in [-0.1, -0.05) is 10.3 Å². The Morgan fingerprint density at radius 3 is 1.09 bits per heavy atom. The molecular weight excluding hydrogens is 511 g/mol. The van der Waals surface area contributed by atoms with E-state index in [1.807, 2.05) is 0 Å². The molecule has 0 aliphatic carbocycles. The number of hydrogen-bond acceptors (Lipinski definition) is 14. The summed E-state index contributed by atoms with van der Waals surface area (Å²) < 4.78 is 71.4. The Bertz CT molecular complexity index is 788. The van der Waals surface area contributed by atoms with Gasteiger partial charge in [0.1, 0.15) is 12.2 Å². The molecule has 0 amide bonds. The van der Waals surface area contributed by atoms with Crippen LogP contribution in [0.1, 0.15) is 11.1 Å². The number of pyridine rings is 2. The summed E-state index contributed by atoms with van der Waals surface area (Å²) in [6.45, 7) is 0.459. The third kappa shape index (κ3) is 18.9. The van der Waals surface area contributed by atoms with Crippen LogP contribution in [0.5, 0.6) is 0 Å². The number of rotatable bonds is 7. The Labute approximate surface area is 196 Å². The molecule has 0 aromatic carbocycles. The standard InChI is InChI=1S/C16H18N4O4.2ClHO4/c21-15(11-19-5-1-13(2-6-19)9-17-23)16(22)12-20-7-3-14(4-8-20)10-18-24;2*2-1(3,4)5/h1-10,15-16,21-22H,11-12H2;2*(H,2,3,4,5). The van der Waals surface area contributed by atoms with Gasteiger partial charge in [-0.25, -0.2) is 46.4 Å². The van der Waals surface area contributed by atoms with Crippen molar-refractivity contribution in [3.63, 3.8) is 0 Å². The third-order valence-electron chi connectivity index (χ3n) is 3.49. The zero-order chi connectivity index (χ0) is 26.4. The smallest absolute Gasteiger partial charge is 0.176 e. The van der Waals surface area contributed by atoms with Crippen LogP contribution in [0.3, 0.4) is 0 Å². The number of oxime groups is 2. The SMILES string of the molecule is O/N=C\c1cc[n+](CC(O)C(O)C[n+]2ccc(/C=N\O)cc2)cc1.[O-][Cl+3]([O-])([O-])[O-].[O-][Cl+3]([O-])([O-])[O-]. The highest BCUT2D eigenvalue weighted by Crippen LogP contribution is 1.97. The van der Waals surface area contributed by atoms with Crippen molar-refractivity contribution in [3.8, 4) is 0 Å². The van der Waals surface area contributed by atoms with Gasteiger partial charge in [-0.05, 0) is 0 Å². The second-order valence-electron chi connectivity index (χ2n) is 6.04. The van der Waals surface area contributed by atoms with Crippen molar-refractivity contribution in [3.05, 3.63) is 60.2 Å². The minimum Gasteiger partial charge on any atom is -0.411 e. The monoisotopic (exact) mass is 530 g/mol. The van der Waals surface area contributed by atoms with Crippen LogP contribution in [0.25, 0.3) is 0 Å². The predicted molar refractivity (Wildman–Crippen MR) is 84.0 cm³/mol. The topological polar surface area (TPSA) is 298 Å². The molecule has 0 spiro atoms. The average Bonchev–Trinajstić information content (AvgIpc) is 2.69. The first-order valence-corrected chi connectivity index (χ1v) is 11.0. The first-order chi connectivity index (χ1) is 15.6. The van der Waals surface area contributed by atoms with E-state index in [9.17, 15) is 10.2 Å². The van der Waals surface area contributed by atoms with Crippen LogP contribution in [0.4, 0.5) is 0 Å². The molecule has 2 aromatic heterocycles. The highest BCUT2D eigenvalue weighted by Gasteiger charge is 2.24. The van der Waals surface area contributed by atoms with E-state index >= 15 is 0 Å². The number of aromatic nitrogens is 2. The number of hydrogen-bond donors (Lipinski definition) is 4. The van der Waals surface area contributed by atoms with Crippen LogP contribution in [0.2, 0.25) is 0 Å². The van der Waals surface area contributed by atoms with Crippen LogP contribution in [-0.4, -0.2) is 45.3 Å². The Hall–Kier alpha value is -2.58. The molecule has 2 unspecified atom stereocenters. The van der Waals surface area contributed by atoms with E-state index in [1.165, 1.54) is 12.4 Å². The molecule has 16 nitrogen and oxygen atoms in total. The van der Waals surface area contributed by atoms with Crippen LogP contribution < -0.4 is 46.4 Å². The number of halogens is 2. The summed E-state index contributed by atoms with van der Waals surface area (Å²) in [5.41, 5.74) is 1.46. The lowest BCUT2D eigenvalue weighted by Gasteiger charge is -2.17. The molecular formula is C16H20Cl2N4O12. The molecule has 2 aromatic rings. The van der Waals surface area contributed by atoms with Gasteiger partial charge in [0.05, 0.1) is 12.4 Å². The van der Waals surface area contributed by atoms with Crippen LogP contribution in [-0.2, 0) is 13.1 Å². The summed E-state index contributed by atoms with van der Waals surface area (Å²) >= 11 is 0. The lowest BCUT2D eigenvalue weighted by atomic mass is 10.2. The fourth-order valence-electron chi connectivity index (χ4n) is 2.16. The fourth-order valence-corrected chi connectivity index (χ4v) is 2.16. The molecule has 0 fully saturated rings. The molecule has 190 valence electrons. The molecule has 2 heterocycles. The maximum Gasteiger partial charge on any atom is 0.176 e. The minimum atomic E-state index is -4.94. The van der Waals surface area contributed by atoms with E-state index in [0.29, 0.717) is 0 Å². The highest BCUT2D eigenvalue weighted by atomic mass is 35.7. The summed E-state index contributed by atoms with van der Waals surface area (Å²) in [6, 6.07) is 6.92. The quantitative estimate of drug-likeness (QED) is 0.112. The molecule has 2 atom stereocenters. The average molecular weight is 531 g/mol. The largest absolute Gasteiger partial charge is 0.411 e. The Morgan fingerprint density at radius 1 is 0.647 bits per heavy atom. The number of aliphatic hydroxyl groups is 2. The van der Waals surface area contributed by atoms with Crippen molar-refractivity contribution in [2.24, 2.45) is 10.3 Å². The van der Waals surface area contributed by atoms with Crippen LogP contribution in [0.15, 0.2) is 59.4 Å².